The fourth-order valence-corrected chi connectivity index (χ4v) is 0.248. The van der Waals surface area contributed by atoms with E-state index in [-0.39, 0.29) is 12.5 Å². The first-order chi connectivity index (χ1) is 6.21. The SMILES string of the molecule is CCNCC(N)=O.O=C(O)C(F)(F)F. The van der Waals surface area contributed by atoms with Gasteiger partial charge in [-0.3, -0.25) is 4.79 Å². The lowest BCUT2D eigenvalue weighted by atomic mass is 10.6. The van der Waals surface area contributed by atoms with Gasteiger partial charge < -0.3 is 16.2 Å². The van der Waals surface area contributed by atoms with Crippen LogP contribution in [0.2, 0.25) is 0 Å². The first-order valence-corrected chi connectivity index (χ1v) is 3.51. The number of nitrogens with two attached hydrogens (primary N) is 1. The van der Waals surface area contributed by atoms with Gasteiger partial charge in [0.15, 0.2) is 0 Å². The van der Waals surface area contributed by atoms with Crippen molar-refractivity contribution in [2.45, 2.75) is 13.1 Å². The van der Waals surface area contributed by atoms with E-state index in [4.69, 9.17) is 15.6 Å². The molecule has 0 heterocycles. The molecular weight excluding hydrogens is 205 g/mol. The van der Waals surface area contributed by atoms with Crippen LogP contribution in [0.5, 0.6) is 0 Å². The van der Waals surface area contributed by atoms with Crippen molar-refractivity contribution in [3.05, 3.63) is 0 Å². The molecule has 0 bridgehead atoms. The Morgan fingerprint density at radius 1 is 1.43 bits per heavy atom. The van der Waals surface area contributed by atoms with Gasteiger partial charge in [-0.05, 0) is 6.54 Å². The normalized spacial score (nSPS) is 10.0. The summed E-state index contributed by atoms with van der Waals surface area (Å²) in [6.07, 6.45) is -5.08. The molecule has 0 aliphatic heterocycles. The highest BCUT2D eigenvalue weighted by atomic mass is 19.4. The van der Waals surface area contributed by atoms with Gasteiger partial charge in [-0.1, -0.05) is 6.92 Å². The number of halogens is 3. The topological polar surface area (TPSA) is 92.4 Å². The number of primary amides is 1. The second kappa shape index (κ2) is 7.13. The number of carbonyl (C=O) groups is 2. The van der Waals surface area contributed by atoms with Crippen LogP contribution in [0.4, 0.5) is 13.2 Å². The molecule has 8 heteroatoms. The summed E-state index contributed by atoms with van der Waals surface area (Å²) in [5.41, 5.74) is 4.78. The van der Waals surface area contributed by atoms with Crippen molar-refractivity contribution in [2.24, 2.45) is 5.73 Å². The van der Waals surface area contributed by atoms with Crippen LogP contribution in [-0.2, 0) is 9.59 Å². The average Bonchev–Trinajstić information content (AvgIpc) is 2.00. The molecule has 0 aromatic rings. The van der Waals surface area contributed by atoms with Crippen molar-refractivity contribution < 1.29 is 27.9 Å². The molecular formula is C6H11F3N2O3. The third kappa shape index (κ3) is 13.3. The van der Waals surface area contributed by atoms with Crippen LogP contribution in [0, 0.1) is 0 Å². The van der Waals surface area contributed by atoms with E-state index >= 15 is 0 Å². The van der Waals surface area contributed by atoms with Gasteiger partial charge in [0.05, 0.1) is 6.54 Å². The average molecular weight is 216 g/mol. The standard InChI is InChI=1S/C4H10N2O.C2HF3O2/c1-2-6-3-4(5)7;3-2(4,5)1(6)7/h6H,2-3H2,1H3,(H2,5,7);(H,6,7). The lowest BCUT2D eigenvalue weighted by Crippen LogP contribution is -2.28. The van der Waals surface area contributed by atoms with Gasteiger partial charge in [-0.15, -0.1) is 0 Å². The minimum atomic E-state index is -5.08. The van der Waals surface area contributed by atoms with Crippen LogP contribution >= 0.6 is 0 Å². The Hall–Kier alpha value is -1.31. The van der Waals surface area contributed by atoms with Crippen molar-refractivity contribution in [3.8, 4) is 0 Å². The molecule has 0 saturated heterocycles. The smallest absolute Gasteiger partial charge is 0.475 e. The fourth-order valence-electron chi connectivity index (χ4n) is 0.248. The number of carboxylic acid groups (broad SMARTS) is 1. The molecule has 14 heavy (non-hydrogen) atoms. The van der Waals surface area contributed by atoms with E-state index in [0.29, 0.717) is 0 Å². The second-order valence-electron chi connectivity index (χ2n) is 2.05. The fraction of sp³-hybridized carbons (Fsp3) is 0.667. The van der Waals surface area contributed by atoms with E-state index in [9.17, 15) is 18.0 Å². The maximum absolute atomic E-state index is 10.6. The van der Waals surface area contributed by atoms with Crippen molar-refractivity contribution in [1.82, 2.24) is 5.32 Å². The highest BCUT2D eigenvalue weighted by Gasteiger charge is 2.38. The lowest BCUT2D eigenvalue weighted by Gasteiger charge is -1.93. The van der Waals surface area contributed by atoms with Crippen LogP contribution in [-0.4, -0.2) is 36.2 Å². The zero-order valence-electron chi connectivity index (χ0n) is 7.39. The molecule has 0 atom stereocenters. The van der Waals surface area contributed by atoms with Crippen LogP contribution in [0.3, 0.4) is 0 Å². The van der Waals surface area contributed by atoms with Crippen molar-refractivity contribution in [1.29, 1.82) is 0 Å². The number of nitrogens with one attached hydrogen (secondary N) is 1. The molecule has 0 aliphatic carbocycles. The Labute approximate surface area is 78.1 Å². The quantitative estimate of drug-likeness (QED) is 0.604. The Morgan fingerprint density at radius 3 is 1.86 bits per heavy atom. The summed E-state index contributed by atoms with van der Waals surface area (Å²) in [5, 5.41) is 9.90. The molecule has 0 fully saturated rings. The molecule has 0 rings (SSSR count). The van der Waals surface area contributed by atoms with Crippen LogP contribution in [0.25, 0.3) is 0 Å². The van der Waals surface area contributed by atoms with E-state index in [1.165, 1.54) is 0 Å². The molecule has 0 radical (unpaired) electrons. The molecule has 0 unspecified atom stereocenters. The van der Waals surface area contributed by atoms with Crippen molar-refractivity contribution >= 4 is 11.9 Å². The molecule has 0 aliphatic rings. The molecule has 0 saturated carbocycles. The molecule has 4 N–H and O–H groups in total. The number of carbonyl (C=O) groups excluding carboxylic acids is 1. The predicted molar refractivity (Wildman–Crippen MR) is 41.4 cm³/mol. The third-order valence-electron chi connectivity index (χ3n) is 0.792. The van der Waals surface area contributed by atoms with E-state index < -0.39 is 12.1 Å². The zero-order valence-corrected chi connectivity index (χ0v) is 7.39. The number of alkyl halides is 3. The minimum absolute atomic E-state index is 0.288. The maximum atomic E-state index is 10.6. The third-order valence-corrected chi connectivity index (χ3v) is 0.792. The Morgan fingerprint density at radius 2 is 1.79 bits per heavy atom. The van der Waals surface area contributed by atoms with E-state index in [1.54, 1.807) is 0 Å². The number of aliphatic carboxylic acids is 1. The lowest BCUT2D eigenvalue weighted by molar-refractivity contribution is -0.192. The van der Waals surface area contributed by atoms with Crippen LogP contribution in [0.1, 0.15) is 6.92 Å². The predicted octanol–water partition coefficient (Wildman–Crippen LogP) is -0.286. The molecule has 0 aromatic heterocycles. The summed E-state index contributed by atoms with van der Waals surface area (Å²) in [4.78, 5) is 18.8. The van der Waals surface area contributed by atoms with Gasteiger partial charge in [0.2, 0.25) is 5.91 Å². The zero-order chi connectivity index (χ0) is 11.8. The summed E-state index contributed by atoms with van der Waals surface area (Å²) >= 11 is 0. The Kier molecular flexibility index (Phi) is 7.73. The Bertz CT molecular complexity index is 193. The van der Waals surface area contributed by atoms with Gasteiger partial charge in [0.1, 0.15) is 0 Å². The molecule has 1 amide bonds. The molecule has 84 valence electrons. The van der Waals surface area contributed by atoms with E-state index in [2.05, 4.69) is 5.32 Å². The van der Waals surface area contributed by atoms with Gasteiger partial charge >= 0.3 is 12.1 Å². The number of likely N-dealkylation sites (N-methyl/N-ethyl adjacent to an activating group) is 1. The second-order valence-corrected chi connectivity index (χ2v) is 2.05. The first-order valence-electron chi connectivity index (χ1n) is 3.51. The van der Waals surface area contributed by atoms with Gasteiger partial charge in [0, 0.05) is 0 Å². The Balaban J connectivity index is 0. The maximum Gasteiger partial charge on any atom is 0.490 e. The summed E-state index contributed by atoms with van der Waals surface area (Å²) in [6, 6.07) is 0. The van der Waals surface area contributed by atoms with Gasteiger partial charge in [0.25, 0.3) is 0 Å². The van der Waals surface area contributed by atoms with E-state index in [1.807, 2.05) is 6.92 Å². The number of hydrogen-bond donors (Lipinski definition) is 3. The summed E-state index contributed by atoms with van der Waals surface area (Å²) in [5.74, 6) is -3.06. The van der Waals surface area contributed by atoms with Crippen LogP contribution in [0.15, 0.2) is 0 Å². The van der Waals surface area contributed by atoms with Gasteiger partial charge in [-0.25, -0.2) is 4.79 Å². The molecule has 0 aromatic carbocycles. The summed E-state index contributed by atoms with van der Waals surface area (Å²) in [7, 11) is 0. The number of hydrogen-bond acceptors (Lipinski definition) is 3. The van der Waals surface area contributed by atoms with Crippen molar-refractivity contribution in [2.75, 3.05) is 13.1 Å². The summed E-state index contributed by atoms with van der Waals surface area (Å²) < 4.78 is 31.7. The number of carboxylic acids is 1. The number of rotatable bonds is 3. The number of amides is 1. The van der Waals surface area contributed by atoms with Gasteiger partial charge in [-0.2, -0.15) is 13.2 Å². The first kappa shape index (κ1) is 15.2. The van der Waals surface area contributed by atoms with E-state index in [0.717, 1.165) is 6.54 Å². The molecule has 5 nitrogen and oxygen atoms in total. The summed E-state index contributed by atoms with van der Waals surface area (Å²) in [6.45, 7) is 3.00. The largest absolute Gasteiger partial charge is 0.490 e. The monoisotopic (exact) mass is 216 g/mol. The van der Waals surface area contributed by atoms with Crippen LogP contribution < -0.4 is 11.1 Å². The minimum Gasteiger partial charge on any atom is -0.475 e. The highest BCUT2D eigenvalue weighted by molar-refractivity contribution is 5.75. The highest BCUT2D eigenvalue weighted by Crippen LogP contribution is 2.13. The van der Waals surface area contributed by atoms with Crippen molar-refractivity contribution in [3.63, 3.8) is 0 Å². The molecule has 0 spiro atoms.